The smallest absolute Gasteiger partial charge is 0.222 e. The SMILES string of the molecule is CN=C(NCCCC(=O)N1CCc2ccccc2C1)N1CCC(c2ccccc2)C1.I. The Balaban J connectivity index is 0.00000272. The lowest BCUT2D eigenvalue weighted by Gasteiger charge is -2.29. The van der Waals surface area contributed by atoms with Crippen molar-refractivity contribution in [3.8, 4) is 0 Å². The highest BCUT2D eigenvalue weighted by Gasteiger charge is 2.26. The molecule has 1 fully saturated rings. The first kappa shape index (κ1) is 23.6. The van der Waals surface area contributed by atoms with Gasteiger partial charge >= 0.3 is 0 Å². The number of hydrogen-bond acceptors (Lipinski definition) is 2. The zero-order valence-corrected chi connectivity index (χ0v) is 20.6. The molecule has 2 aliphatic rings. The molecule has 0 aliphatic carbocycles. The Bertz CT molecular complexity index is 886. The maximum atomic E-state index is 12.6. The normalized spacial score (nSPS) is 18.4. The Morgan fingerprint density at radius 2 is 1.77 bits per heavy atom. The Morgan fingerprint density at radius 1 is 1.03 bits per heavy atom. The largest absolute Gasteiger partial charge is 0.356 e. The maximum absolute atomic E-state index is 12.6. The van der Waals surface area contributed by atoms with Crippen molar-refractivity contribution in [2.75, 3.05) is 33.2 Å². The van der Waals surface area contributed by atoms with Crippen LogP contribution in [0.4, 0.5) is 0 Å². The van der Waals surface area contributed by atoms with Crippen LogP contribution in [-0.2, 0) is 17.8 Å². The van der Waals surface area contributed by atoms with Crippen molar-refractivity contribution in [2.45, 2.75) is 38.1 Å². The van der Waals surface area contributed by atoms with E-state index < -0.39 is 0 Å². The van der Waals surface area contributed by atoms with Gasteiger partial charge in [-0.05, 0) is 36.0 Å². The molecule has 1 amide bonds. The van der Waals surface area contributed by atoms with Crippen LogP contribution in [0.2, 0.25) is 0 Å². The van der Waals surface area contributed by atoms with Crippen molar-refractivity contribution in [3.05, 3.63) is 71.3 Å². The number of likely N-dealkylation sites (tertiary alicyclic amines) is 1. The minimum absolute atomic E-state index is 0. The number of benzene rings is 2. The Kier molecular flexibility index (Phi) is 8.75. The van der Waals surface area contributed by atoms with Crippen LogP contribution >= 0.6 is 24.0 Å². The lowest BCUT2D eigenvalue weighted by Crippen LogP contribution is -2.41. The summed E-state index contributed by atoms with van der Waals surface area (Å²) in [6.45, 7) is 4.37. The molecule has 1 atom stereocenters. The zero-order chi connectivity index (χ0) is 20.8. The van der Waals surface area contributed by atoms with Crippen LogP contribution < -0.4 is 5.32 Å². The number of carbonyl (C=O) groups excluding carboxylic acids is 1. The molecule has 0 bridgehead atoms. The van der Waals surface area contributed by atoms with Gasteiger partial charge in [0.05, 0.1) is 0 Å². The summed E-state index contributed by atoms with van der Waals surface area (Å²) in [4.78, 5) is 21.4. The molecule has 2 aliphatic heterocycles. The van der Waals surface area contributed by atoms with Crippen LogP contribution in [0.3, 0.4) is 0 Å². The molecule has 0 saturated carbocycles. The highest BCUT2D eigenvalue weighted by Crippen LogP contribution is 2.26. The Hall–Kier alpha value is -2.09. The highest BCUT2D eigenvalue weighted by molar-refractivity contribution is 14.0. The summed E-state index contributed by atoms with van der Waals surface area (Å²) >= 11 is 0. The third-order valence-electron chi connectivity index (χ3n) is 6.30. The Morgan fingerprint density at radius 3 is 2.55 bits per heavy atom. The van der Waals surface area contributed by atoms with Gasteiger partial charge in [-0.2, -0.15) is 0 Å². The van der Waals surface area contributed by atoms with Gasteiger partial charge in [0.1, 0.15) is 0 Å². The Labute approximate surface area is 202 Å². The van der Waals surface area contributed by atoms with E-state index in [-0.39, 0.29) is 29.9 Å². The predicted molar refractivity (Wildman–Crippen MR) is 137 cm³/mol. The molecule has 4 rings (SSSR count). The minimum atomic E-state index is 0. The second-order valence-electron chi connectivity index (χ2n) is 8.25. The summed E-state index contributed by atoms with van der Waals surface area (Å²) in [5.74, 6) is 1.77. The van der Waals surface area contributed by atoms with Gasteiger partial charge in [-0.15, -0.1) is 24.0 Å². The van der Waals surface area contributed by atoms with Crippen molar-refractivity contribution in [2.24, 2.45) is 4.99 Å². The topological polar surface area (TPSA) is 47.9 Å². The number of halogens is 1. The number of carbonyl (C=O) groups is 1. The molecule has 5 nitrogen and oxygen atoms in total. The first-order valence-electron chi connectivity index (χ1n) is 11.1. The molecule has 0 radical (unpaired) electrons. The molecular formula is C25H33IN4O. The molecule has 0 aromatic heterocycles. The monoisotopic (exact) mass is 532 g/mol. The second kappa shape index (κ2) is 11.5. The number of amides is 1. The standard InChI is InChI=1S/C25H32N4O.HI/c1-26-25(29-17-14-23(19-29)20-8-3-2-4-9-20)27-15-7-12-24(30)28-16-13-21-10-5-6-11-22(21)18-28;/h2-6,8-11,23H,7,12-19H2,1H3,(H,26,27);1H. The van der Waals surface area contributed by atoms with Crippen LogP contribution in [0.25, 0.3) is 0 Å². The maximum Gasteiger partial charge on any atom is 0.222 e. The van der Waals surface area contributed by atoms with E-state index in [4.69, 9.17) is 0 Å². The third-order valence-corrected chi connectivity index (χ3v) is 6.30. The summed E-state index contributed by atoms with van der Waals surface area (Å²) < 4.78 is 0. The van der Waals surface area contributed by atoms with Crippen LogP contribution in [0.5, 0.6) is 0 Å². The number of fused-ring (bicyclic) bond motifs is 1. The number of aliphatic imine (C=N–C) groups is 1. The van der Waals surface area contributed by atoms with Crippen molar-refractivity contribution in [1.29, 1.82) is 0 Å². The van der Waals surface area contributed by atoms with E-state index in [0.717, 1.165) is 57.9 Å². The number of guanidine groups is 1. The van der Waals surface area contributed by atoms with Crippen LogP contribution in [0, 0.1) is 0 Å². The van der Waals surface area contributed by atoms with E-state index >= 15 is 0 Å². The van der Waals surface area contributed by atoms with Crippen LogP contribution in [0.15, 0.2) is 59.6 Å². The molecule has 31 heavy (non-hydrogen) atoms. The number of rotatable bonds is 5. The lowest BCUT2D eigenvalue weighted by molar-refractivity contribution is -0.132. The zero-order valence-electron chi connectivity index (χ0n) is 18.3. The van der Waals surface area contributed by atoms with E-state index in [1.807, 2.05) is 11.9 Å². The van der Waals surface area contributed by atoms with Crippen LogP contribution in [0.1, 0.15) is 41.9 Å². The molecule has 2 aromatic carbocycles. The summed E-state index contributed by atoms with van der Waals surface area (Å²) in [6.07, 6.45) is 3.52. The molecular weight excluding hydrogens is 499 g/mol. The van der Waals surface area contributed by atoms with E-state index in [0.29, 0.717) is 12.3 Å². The number of nitrogens with zero attached hydrogens (tertiary/aromatic N) is 3. The molecule has 1 unspecified atom stereocenters. The summed E-state index contributed by atoms with van der Waals surface area (Å²) in [5.41, 5.74) is 4.08. The van der Waals surface area contributed by atoms with E-state index in [2.05, 4.69) is 69.8 Å². The fraction of sp³-hybridized carbons (Fsp3) is 0.440. The predicted octanol–water partition coefficient (Wildman–Crippen LogP) is 4.03. The number of nitrogens with one attached hydrogen (secondary N) is 1. The molecule has 2 aromatic rings. The van der Waals surface area contributed by atoms with Gasteiger partial charge < -0.3 is 15.1 Å². The molecule has 166 valence electrons. The molecule has 2 heterocycles. The van der Waals surface area contributed by atoms with Crippen LogP contribution in [-0.4, -0.2) is 54.9 Å². The van der Waals surface area contributed by atoms with Crippen molar-refractivity contribution >= 4 is 35.8 Å². The fourth-order valence-corrected chi connectivity index (χ4v) is 4.59. The van der Waals surface area contributed by atoms with E-state index in [9.17, 15) is 4.79 Å². The average molecular weight is 532 g/mol. The van der Waals surface area contributed by atoms with Gasteiger partial charge in [0.15, 0.2) is 5.96 Å². The van der Waals surface area contributed by atoms with E-state index in [1.54, 1.807) is 0 Å². The number of hydrogen-bond donors (Lipinski definition) is 1. The molecule has 0 spiro atoms. The fourth-order valence-electron chi connectivity index (χ4n) is 4.59. The summed E-state index contributed by atoms with van der Waals surface area (Å²) in [6, 6.07) is 19.2. The van der Waals surface area contributed by atoms with E-state index in [1.165, 1.54) is 16.7 Å². The third kappa shape index (κ3) is 5.99. The molecule has 1 saturated heterocycles. The van der Waals surface area contributed by atoms with Gasteiger partial charge in [-0.25, -0.2) is 0 Å². The second-order valence-corrected chi connectivity index (χ2v) is 8.25. The van der Waals surface area contributed by atoms with Gasteiger partial charge in [-0.1, -0.05) is 54.6 Å². The molecule has 6 heteroatoms. The van der Waals surface area contributed by atoms with Gasteiger partial charge in [0, 0.05) is 52.1 Å². The minimum Gasteiger partial charge on any atom is -0.356 e. The summed E-state index contributed by atoms with van der Waals surface area (Å²) in [7, 11) is 1.84. The first-order chi connectivity index (χ1) is 14.7. The highest BCUT2D eigenvalue weighted by atomic mass is 127. The van der Waals surface area contributed by atoms with Gasteiger partial charge in [-0.3, -0.25) is 9.79 Å². The van der Waals surface area contributed by atoms with Gasteiger partial charge in [0.25, 0.3) is 0 Å². The van der Waals surface area contributed by atoms with Crippen molar-refractivity contribution in [1.82, 2.24) is 15.1 Å². The van der Waals surface area contributed by atoms with Crippen molar-refractivity contribution in [3.63, 3.8) is 0 Å². The average Bonchev–Trinajstić information content (AvgIpc) is 3.29. The molecule has 1 N–H and O–H groups in total. The summed E-state index contributed by atoms with van der Waals surface area (Å²) in [5, 5.41) is 3.46. The van der Waals surface area contributed by atoms with Gasteiger partial charge in [0.2, 0.25) is 5.91 Å². The quantitative estimate of drug-likeness (QED) is 0.274. The first-order valence-corrected chi connectivity index (χ1v) is 11.1. The van der Waals surface area contributed by atoms with Crippen molar-refractivity contribution < 1.29 is 4.79 Å². The lowest BCUT2D eigenvalue weighted by atomic mass is 9.99.